The molecule has 1 aromatic rings. The van der Waals surface area contributed by atoms with Crippen molar-refractivity contribution in [3.63, 3.8) is 0 Å². The van der Waals surface area contributed by atoms with Crippen LogP contribution in [0.4, 0.5) is 5.69 Å². The molecule has 4 heteroatoms. The molecular formula is C17H14ClNO2. The average Bonchev–Trinajstić information content (AvgIpc) is 3.24. The molecule has 21 heavy (non-hydrogen) atoms. The highest BCUT2D eigenvalue weighted by molar-refractivity contribution is 6.31. The van der Waals surface area contributed by atoms with Gasteiger partial charge in [0.15, 0.2) is 0 Å². The van der Waals surface area contributed by atoms with E-state index in [1.165, 1.54) is 11.3 Å². The Bertz CT molecular complexity index is 676. The van der Waals surface area contributed by atoms with Crippen LogP contribution in [0.1, 0.15) is 6.42 Å². The van der Waals surface area contributed by atoms with Crippen molar-refractivity contribution in [2.24, 2.45) is 35.5 Å². The Morgan fingerprint density at radius 2 is 1.62 bits per heavy atom. The number of carbonyl (C=O) groups is 2. The van der Waals surface area contributed by atoms with Crippen molar-refractivity contribution in [2.75, 3.05) is 4.90 Å². The van der Waals surface area contributed by atoms with Crippen LogP contribution in [-0.2, 0) is 9.59 Å². The quantitative estimate of drug-likeness (QED) is 0.591. The van der Waals surface area contributed by atoms with Gasteiger partial charge in [-0.3, -0.25) is 9.59 Å². The third-order valence-corrected chi connectivity index (χ3v) is 5.96. The zero-order chi connectivity index (χ0) is 14.3. The molecule has 0 spiro atoms. The minimum atomic E-state index is -0.143. The molecule has 0 radical (unpaired) electrons. The minimum absolute atomic E-state index is 0.0306. The number of nitrogens with zero attached hydrogens (tertiary/aromatic N) is 1. The van der Waals surface area contributed by atoms with E-state index in [1.54, 1.807) is 24.3 Å². The number of benzene rings is 1. The molecule has 1 saturated heterocycles. The molecule has 106 valence electrons. The van der Waals surface area contributed by atoms with Gasteiger partial charge in [0.1, 0.15) is 0 Å². The summed E-state index contributed by atoms with van der Waals surface area (Å²) < 4.78 is 0. The zero-order valence-electron chi connectivity index (χ0n) is 11.3. The molecular weight excluding hydrogens is 286 g/mol. The van der Waals surface area contributed by atoms with Crippen LogP contribution in [0.3, 0.4) is 0 Å². The number of amides is 2. The molecule has 0 aromatic heterocycles. The lowest BCUT2D eigenvalue weighted by atomic mass is 9.63. The van der Waals surface area contributed by atoms with Crippen molar-refractivity contribution in [3.05, 3.63) is 41.4 Å². The van der Waals surface area contributed by atoms with Crippen molar-refractivity contribution < 1.29 is 9.59 Å². The molecule has 2 amide bonds. The van der Waals surface area contributed by atoms with Gasteiger partial charge in [0.05, 0.1) is 17.5 Å². The van der Waals surface area contributed by atoms with Gasteiger partial charge in [-0.05, 0) is 48.3 Å². The van der Waals surface area contributed by atoms with Crippen molar-refractivity contribution in [1.29, 1.82) is 0 Å². The fraction of sp³-hybridized carbons (Fsp3) is 0.412. The molecule has 2 bridgehead atoms. The van der Waals surface area contributed by atoms with Gasteiger partial charge >= 0.3 is 0 Å². The van der Waals surface area contributed by atoms with Crippen LogP contribution >= 0.6 is 11.6 Å². The topological polar surface area (TPSA) is 37.4 Å². The van der Waals surface area contributed by atoms with E-state index in [9.17, 15) is 9.59 Å². The number of anilines is 1. The van der Waals surface area contributed by atoms with Crippen molar-refractivity contribution in [1.82, 2.24) is 0 Å². The zero-order valence-corrected chi connectivity index (χ0v) is 12.0. The lowest BCUT2D eigenvalue weighted by Crippen LogP contribution is -2.40. The van der Waals surface area contributed by atoms with E-state index in [0.29, 0.717) is 22.5 Å². The molecule has 5 aliphatic rings. The smallest absolute Gasteiger partial charge is 0.238 e. The van der Waals surface area contributed by atoms with Crippen molar-refractivity contribution in [2.45, 2.75) is 6.42 Å². The largest absolute Gasteiger partial charge is 0.274 e. The maximum atomic E-state index is 12.8. The summed E-state index contributed by atoms with van der Waals surface area (Å²) in [5.74, 6) is 1.46. The molecule has 2 saturated carbocycles. The summed E-state index contributed by atoms with van der Waals surface area (Å²) >= 11 is 6.01. The van der Waals surface area contributed by atoms with Gasteiger partial charge in [0, 0.05) is 5.02 Å². The number of allylic oxidation sites excluding steroid dienone is 2. The Labute approximate surface area is 127 Å². The second-order valence-electron chi connectivity index (χ2n) is 6.65. The predicted molar refractivity (Wildman–Crippen MR) is 78.6 cm³/mol. The van der Waals surface area contributed by atoms with Crippen LogP contribution in [0.5, 0.6) is 0 Å². The second-order valence-corrected chi connectivity index (χ2v) is 7.08. The van der Waals surface area contributed by atoms with Crippen LogP contribution in [0.2, 0.25) is 5.02 Å². The van der Waals surface area contributed by atoms with Crippen LogP contribution in [0.15, 0.2) is 36.4 Å². The summed E-state index contributed by atoms with van der Waals surface area (Å²) in [4.78, 5) is 27.1. The Hall–Kier alpha value is -1.61. The van der Waals surface area contributed by atoms with Gasteiger partial charge in [-0.15, -0.1) is 0 Å². The first-order valence-electron chi connectivity index (χ1n) is 7.48. The van der Waals surface area contributed by atoms with Crippen LogP contribution < -0.4 is 4.90 Å². The molecule has 0 unspecified atom stereocenters. The summed E-state index contributed by atoms with van der Waals surface area (Å²) in [7, 11) is 0. The molecule has 1 aliphatic heterocycles. The molecule has 3 nitrogen and oxygen atoms in total. The van der Waals surface area contributed by atoms with Gasteiger partial charge in [0.25, 0.3) is 0 Å². The van der Waals surface area contributed by atoms with E-state index in [2.05, 4.69) is 12.2 Å². The van der Waals surface area contributed by atoms with Gasteiger partial charge < -0.3 is 0 Å². The fourth-order valence-electron chi connectivity index (χ4n) is 4.83. The highest BCUT2D eigenvalue weighted by atomic mass is 35.5. The van der Waals surface area contributed by atoms with E-state index in [1.807, 2.05) is 0 Å². The van der Waals surface area contributed by atoms with E-state index in [4.69, 9.17) is 11.6 Å². The molecule has 1 heterocycles. The number of hydrogen-bond acceptors (Lipinski definition) is 2. The third kappa shape index (κ3) is 1.40. The van der Waals surface area contributed by atoms with E-state index >= 15 is 0 Å². The normalized spacial score (nSPS) is 42.2. The summed E-state index contributed by atoms with van der Waals surface area (Å²) in [6.45, 7) is 0. The number of rotatable bonds is 1. The van der Waals surface area contributed by atoms with Crippen LogP contribution in [0.25, 0.3) is 0 Å². The molecule has 4 aliphatic carbocycles. The highest BCUT2D eigenvalue weighted by Crippen LogP contribution is 2.65. The molecule has 6 rings (SSSR count). The Balaban J connectivity index is 1.60. The first-order chi connectivity index (χ1) is 10.2. The van der Waals surface area contributed by atoms with Crippen molar-refractivity contribution in [3.8, 4) is 0 Å². The first-order valence-corrected chi connectivity index (χ1v) is 7.86. The highest BCUT2D eigenvalue weighted by Gasteiger charge is 2.67. The lowest BCUT2D eigenvalue weighted by Gasteiger charge is -2.37. The standard InChI is InChI=1S/C17H14ClNO2/c18-8-2-1-3-9(6-8)19-16(20)14-10-4-5-11(13-7-12(10)13)15(14)17(19)21/h1-6,10-15H,7H2/t10-,11-,12-,13+,14-,15+/m0/s1. The maximum Gasteiger partial charge on any atom is 0.238 e. The minimum Gasteiger partial charge on any atom is -0.274 e. The molecule has 0 N–H and O–H groups in total. The summed E-state index contributed by atoms with van der Waals surface area (Å²) in [6, 6.07) is 7.02. The molecule has 1 aromatic carbocycles. The summed E-state index contributed by atoms with van der Waals surface area (Å²) in [6.07, 6.45) is 5.56. The Morgan fingerprint density at radius 3 is 2.19 bits per heavy atom. The lowest BCUT2D eigenvalue weighted by molar-refractivity contribution is -0.124. The van der Waals surface area contributed by atoms with Crippen LogP contribution in [0, 0.1) is 35.5 Å². The maximum absolute atomic E-state index is 12.8. The van der Waals surface area contributed by atoms with Crippen LogP contribution in [-0.4, -0.2) is 11.8 Å². The van der Waals surface area contributed by atoms with E-state index in [0.717, 1.165) is 0 Å². The summed E-state index contributed by atoms with van der Waals surface area (Å²) in [5.41, 5.74) is 0.611. The van der Waals surface area contributed by atoms with Gasteiger partial charge in [-0.2, -0.15) is 0 Å². The predicted octanol–water partition coefficient (Wildman–Crippen LogP) is 2.90. The van der Waals surface area contributed by atoms with E-state index in [-0.39, 0.29) is 35.5 Å². The average molecular weight is 300 g/mol. The Morgan fingerprint density at radius 1 is 1.00 bits per heavy atom. The summed E-state index contributed by atoms with van der Waals surface area (Å²) in [5, 5.41) is 0.548. The molecule has 6 atom stereocenters. The monoisotopic (exact) mass is 299 g/mol. The SMILES string of the molecule is O=C1[C@@H]2[C@H]3C=C[C@@H]([C@@H]4C[C@H]34)[C@@H]2C(=O)N1c1cccc(Cl)c1. The molecule has 3 fully saturated rings. The second kappa shape index (κ2) is 3.77. The fourth-order valence-corrected chi connectivity index (χ4v) is 5.01. The number of carbonyl (C=O) groups excluding carboxylic acids is 2. The Kier molecular flexibility index (Phi) is 2.15. The number of halogens is 1. The third-order valence-electron chi connectivity index (χ3n) is 5.73. The number of hydrogen-bond donors (Lipinski definition) is 0. The number of imide groups is 1. The van der Waals surface area contributed by atoms with Gasteiger partial charge in [-0.1, -0.05) is 29.8 Å². The first kappa shape index (κ1) is 12.0. The van der Waals surface area contributed by atoms with Gasteiger partial charge in [-0.25, -0.2) is 4.90 Å². The van der Waals surface area contributed by atoms with Gasteiger partial charge in [0.2, 0.25) is 11.8 Å². The van der Waals surface area contributed by atoms with E-state index < -0.39 is 0 Å². The van der Waals surface area contributed by atoms with Crippen molar-refractivity contribution >= 4 is 29.1 Å².